The van der Waals surface area contributed by atoms with E-state index in [-0.39, 0.29) is 37.9 Å². The van der Waals surface area contributed by atoms with Crippen molar-refractivity contribution in [1.29, 1.82) is 0 Å². The number of benzene rings is 1. The van der Waals surface area contributed by atoms with Crippen LogP contribution in [0.3, 0.4) is 0 Å². The van der Waals surface area contributed by atoms with Crippen molar-refractivity contribution in [3.05, 3.63) is 48.0 Å². The van der Waals surface area contributed by atoms with E-state index in [2.05, 4.69) is 12.5 Å². The molecule has 0 radical (unpaired) electrons. The molecule has 0 aliphatic carbocycles. The minimum atomic E-state index is -4.44. The number of hydrogen-bond donors (Lipinski definition) is 0. The fourth-order valence-electron chi connectivity index (χ4n) is 3.09. The third kappa shape index (κ3) is 5.36. The average Bonchev–Trinajstić information content (AvgIpc) is 2.62. The second kappa shape index (κ2) is 8.76. The fraction of sp³-hybridized carbons (Fsp3) is 0.400. The van der Waals surface area contributed by atoms with Gasteiger partial charge in [-0.15, -0.1) is 13.0 Å². The van der Waals surface area contributed by atoms with Crippen LogP contribution >= 0.6 is 0 Å². The number of rotatable bonds is 6. The van der Waals surface area contributed by atoms with Gasteiger partial charge in [-0.25, -0.2) is 0 Å². The van der Waals surface area contributed by atoms with Crippen LogP contribution in [0, 0.1) is 18.3 Å². The van der Waals surface area contributed by atoms with Gasteiger partial charge in [0.25, 0.3) is 0 Å². The molecule has 0 unspecified atom stereocenters. The summed E-state index contributed by atoms with van der Waals surface area (Å²) >= 11 is 0. The topological polar surface area (TPSA) is 40.6 Å². The summed E-state index contributed by atoms with van der Waals surface area (Å²) < 4.78 is 38.6. The van der Waals surface area contributed by atoms with E-state index in [0.717, 1.165) is 12.1 Å². The van der Waals surface area contributed by atoms with E-state index >= 15 is 0 Å². The van der Waals surface area contributed by atoms with E-state index in [0.29, 0.717) is 18.5 Å². The third-order valence-corrected chi connectivity index (χ3v) is 4.42. The number of likely N-dealkylation sites (tertiary alicyclic amines) is 1. The minimum Gasteiger partial charge on any atom is -0.338 e. The number of carbonyl (C=O) groups excluding carboxylic acids is 2. The maximum atomic E-state index is 12.9. The van der Waals surface area contributed by atoms with Gasteiger partial charge in [-0.3, -0.25) is 9.59 Å². The summed E-state index contributed by atoms with van der Waals surface area (Å²) in [6.07, 6.45) is 2.99. The van der Waals surface area contributed by atoms with Gasteiger partial charge in [0, 0.05) is 26.1 Å². The van der Waals surface area contributed by atoms with Gasteiger partial charge < -0.3 is 9.80 Å². The van der Waals surface area contributed by atoms with Crippen molar-refractivity contribution in [3.8, 4) is 12.3 Å². The van der Waals surface area contributed by atoms with Crippen molar-refractivity contribution < 1.29 is 22.8 Å². The van der Waals surface area contributed by atoms with E-state index in [1.54, 1.807) is 6.08 Å². The molecule has 1 aromatic rings. The van der Waals surface area contributed by atoms with Crippen LogP contribution in [0.15, 0.2) is 36.9 Å². The number of amides is 2. The van der Waals surface area contributed by atoms with E-state index in [1.807, 2.05) is 0 Å². The summed E-state index contributed by atoms with van der Waals surface area (Å²) in [4.78, 5) is 27.8. The van der Waals surface area contributed by atoms with Crippen LogP contribution in [0.1, 0.15) is 24.0 Å². The number of terminal acetylenes is 1. The molecule has 0 bridgehead atoms. The lowest BCUT2D eigenvalue weighted by Crippen LogP contribution is -2.46. The highest BCUT2D eigenvalue weighted by atomic mass is 19.4. The summed E-state index contributed by atoms with van der Waals surface area (Å²) in [7, 11) is 0. The normalized spacial score (nSPS) is 17.3. The Morgan fingerprint density at radius 1 is 1.44 bits per heavy atom. The maximum absolute atomic E-state index is 12.9. The molecule has 0 spiro atoms. The molecule has 0 saturated carbocycles. The molecule has 7 heteroatoms. The van der Waals surface area contributed by atoms with Crippen LogP contribution in [-0.4, -0.2) is 41.2 Å². The lowest BCUT2D eigenvalue weighted by atomic mass is 9.95. The zero-order valence-corrected chi connectivity index (χ0v) is 14.8. The predicted octanol–water partition coefficient (Wildman–Crippen LogP) is 3.09. The van der Waals surface area contributed by atoms with E-state index in [1.165, 1.54) is 21.9 Å². The molecule has 1 aromatic carbocycles. The molecule has 1 saturated heterocycles. The molecule has 1 heterocycles. The number of halogens is 3. The predicted molar refractivity (Wildman–Crippen MR) is 95.2 cm³/mol. The number of carbonyl (C=O) groups is 2. The number of piperidine rings is 1. The smallest absolute Gasteiger partial charge is 0.338 e. The summed E-state index contributed by atoms with van der Waals surface area (Å²) in [6, 6.07) is 4.87. The van der Waals surface area contributed by atoms with Gasteiger partial charge in [-0.2, -0.15) is 13.2 Å². The first-order chi connectivity index (χ1) is 12.8. The highest BCUT2D eigenvalue weighted by Crippen LogP contribution is 2.30. The first-order valence-corrected chi connectivity index (χ1v) is 8.53. The van der Waals surface area contributed by atoms with Gasteiger partial charge in [-0.1, -0.05) is 24.1 Å². The molecule has 144 valence electrons. The lowest BCUT2D eigenvalue weighted by Gasteiger charge is -2.34. The monoisotopic (exact) mass is 378 g/mol. The summed E-state index contributed by atoms with van der Waals surface area (Å²) in [5, 5.41) is 0. The highest BCUT2D eigenvalue weighted by Gasteiger charge is 2.33. The van der Waals surface area contributed by atoms with E-state index < -0.39 is 17.7 Å². The van der Waals surface area contributed by atoms with Crippen LogP contribution in [0.4, 0.5) is 13.2 Å². The average molecular weight is 378 g/mol. The van der Waals surface area contributed by atoms with Crippen molar-refractivity contribution in [2.24, 2.45) is 5.92 Å². The Labute approximate surface area is 156 Å². The third-order valence-electron chi connectivity index (χ3n) is 4.42. The molecule has 1 aliphatic heterocycles. The summed E-state index contributed by atoms with van der Waals surface area (Å²) in [6.45, 7) is 4.24. The Bertz CT molecular complexity index is 752. The van der Waals surface area contributed by atoms with Crippen LogP contribution in [0.5, 0.6) is 0 Å². The molecule has 0 N–H and O–H groups in total. The van der Waals surface area contributed by atoms with E-state index in [9.17, 15) is 22.8 Å². The van der Waals surface area contributed by atoms with Gasteiger partial charge in [0.15, 0.2) is 0 Å². The summed E-state index contributed by atoms with van der Waals surface area (Å²) in [5.41, 5.74) is -0.388. The van der Waals surface area contributed by atoms with Gasteiger partial charge in [-0.05, 0) is 24.1 Å². The van der Waals surface area contributed by atoms with Crippen molar-refractivity contribution >= 4 is 11.8 Å². The SMILES string of the molecule is C#CCN(CC=C)C(=O)[C@H]1CCC(=O)N(Cc2cccc(C(F)(F)F)c2)C1. The number of hydrogen-bond acceptors (Lipinski definition) is 2. The van der Waals surface area contributed by atoms with Crippen LogP contribution in [0.25, 0.3) is 0 Å². The Kier molecular flexibility index (Phi) is 6.67. The van der Waals surface area contributed by atoms with Crippen LogP contribution < -0.4 is 0 Å². The largest absolute Gasteiger partial charge is 0.416 e. The molecule has 2 amide bonds. The zero-order chi connectivity index (χ0) is 20.0. The summed E-state index contributed by atoms with van der Waals surface area (Å²) in [5.74, 6) is 1.65. The molecule has 2 rings (SSSR count). The molecule has 4 nitrogen and oxygen atoms in total. The Hall–Kier alpha value is -2.75. The van der Waals surface area contributed by atoms with Gasteiger partial charge in [0.2, 0.25) is 11.8 Å². The van der Waals surface area contributed by atoms with Crippen LogP contribution in [0.2, 0.25) is 0 Å². The fourth-order valence-corrected chi connectivity index (χ4v) is 3.09. The van der Waals surface area contributed by atoms with Crippen molar-refractivity contribution in [2.45, 2.75) is 25.6 Å². The standard InChI is InChI=1S/C20H21F3N2O2/c1-3-10-24(11-4-2)19(27)16-8-9-18(26)25(14-16)13-15-6-5-7-17(12-15)20(21,22)23/h1,4-7,12,16H,2,8-11,13-14H2/t16-/m0/s1. The second-order valence-corrected chi connectivity index (χ2v) is 6.42. The zero-order valence-electron chi connectivity index (χ0n) is 14.8. The second-order valence-electron chi connectivity index (χ2n) is 6.42. The van der Waals surface area contributed by atoms with Gasteiger partial charge >= 0.3 is 6.18 Å². The van der Waals surface area contributed by atoms with Crippen LogP contribution in [-0.2, 0) is 22.3 Å². The number of nitrogens with zero attached hydrogens (tertiary/aromatic N) is 2. The highest BCUT2D eigenvalue weighted by molar-refractivity contribution is 5.84. The molecule has 27 heavy (non-hydrogen) atoms. The molecular formula is C20H21F3N2O2. The van der Waals surface area contributed by atoms with E-state index in [4.69, 9.17) is 6.42 Å². The lowest BCUT2D eigenvalue weighted by molar-refractivity contribution is -0.142. The Morgan fingerprint density at radius 2 is 2.19 bits per heavy atom. The van der Waals surface area contributed by atoms with Crippen molar-refractivity contribution in [3.63, 3.8) is 0 Å². The quantitative estimate of drug-likeness (QED) is 0.564. The maximum Gasteiger partial charge on any atom is 0.416 e. The first kappa shape index (κ1) is 20.6. The molecule has 1 aliphatic rings. The van der Waals surface area contributed by atoms with Gasteiger partial charge in [0.05, 0.1) is 18.0 Å². The van der Waals surface area contributed by atoms with Crippen molar-refractivity contribution in [1.82, 2.24) is 9.80 Å². The minimum absolute atomic E-state index is 0.0309. The molecule has 1 atom stereocenters. The molecule has 0 aromatic heterocycles. The van der Waals surface area contributed by atoms with Gasteiger partial charge in [0.1, 0.15) is 0 Å². The first-order valence-electron chi connectivity index (χ1n) is 8.53. The molecule has 1 fully saturated rings. The van der Waals surface area contributed by atoms with Crippen molar-refractivity contribution in [2.75, 3.05) is 19.6 Å². The molecular weight excluding hydrogens is 357 g/mol. The Morgan fingerprint density at radius 3 is 2.81 bits per heavy atom. The Balaban J connectivity index is 2.11. The number of alkyl halides is 3.